The monoisotopic (exact) mass is 375 g/mol. The van der Waals surface area contributed by atoms with Crippen LogP contribution in [-0.2, 0) is 6.18 Å². The molecule has 2 rings (SSSR count). The van der Waals surface area contributed by atoms with E-state index in [1.54, 1.807) is 6.07 Å². The molecule has 10 heteroatoms. The fourth-order valence-corrected chi connectivity index (χ4v) is 2.23. The molecule has 2 aromatic rings. The number of hydrogen-bond acceptors (Lipinski definition) is 5. The first-order chi connectivity index (χ1) is 10.1. The number of anilines is 2. The molecule has 0 aliphatic carbocycles. The van der Waals surface area contributed by atoms with Gasteiger partial charge in [-0.25, -0.2) is 9.37 Å². The van der Waals surface area contributed by atoms with Gasteiger partial charge in [-0.05, 0) is 12.1 Å². The zero-order valence-corrected chi connectivity index (χ0v) is 12.1. The van der Waals surface area contributed by atoms with E-state index < -0.39 is 28.8 Å². The maximum absolute atomic E-state index is 14.2. The first kappa shape index (κ1) is 16.0. The van der Waals surface area contributed by atoms with Gasteiger partial charge in [0.15, 0.2) is 0 Å². The molecule has 0 fully saturated rings. The second kappa shape index (κ2) is 5.42. The molecule has 0 amide bonds. The molecule has 0 bridgehead atoms. The molecule has 4 N–H and O–H groups in total. The van der Waals surface area contributed by atoms with E-state index in [0.29, 0.717) is 6.07 Å². The number of nitrogen functional groups attached to an aromatic ring is 2. The Hall–Kier alpha value is -2.41. The predicted molar refractivity (Wildman–Crippen MR) is 73.7 cm³/mol. The van der Waals surface area contributed by atoms with E-state index in [1.807, 2.05) is 0 Å². The van der Waals surface area contributed by atoms with E-state index in [9.17, 15) is 17.6 Å². The van der Waals surface area contributed by atoms with Crippen LogP contribution in [0.2, 0.25) is 0 Å². The normalized spacial score (nSPS) is 11.3. The molecule has 0 saturated carbocycles. The highest BCUT2D eigenvalue weighted by atomic mass is 79.9. The minimum atomic E-state index is -4.92. The Bertz CT molecular complexity index is 798. The molecular formula is C12H6BrF4N5. The number of nitrogens with zero attached hydrogens (tertiary/aromatic N) is 3. The summed E-state index contributed by atoms with van der Waals surface area (Å²) in [5.41, 5.74) is 8.01. The average molecular weight is 376 g/mol. The van der Waals surface area contributed by atoms with Crippen molar-refractivity contribution in [3.05, 3.63) is 33.5 Å². The molecule has 0 unspecified atom stereocenters. The molecule has 1 heterocycles. The van der Waals surface area contributed by atoms with E-state index in [-0.39, 0.29) is 21.8 Å². The maximum Gasteiger partial charge on any atom is 0.419 e. The molecule has 1 aromatic carbocycles. The van der Waals surface area contributed by atoms with Gasteiger partial charge in [-0.15, -0.1) is 0 Å². The molecule has 5 nitrogen and oxygen atoms in total. The Kier molecular flexibility index (Phi) is 3.93. The van der Waals surface area contributed by atoms with Crippen molar-refractivity contribution in [3.8, 4) is 17.3 Å². The fourth-order valence-electron chi connectivity index (χ4n) is 1.77. The molecule has 0 atom stereocenters. The Morgan fingerprint density at radius 1 is 1.18 bits per heavy atom. The Balaban J connectivity index is 2.86. The lowest BCUT2D eigenvalue weighted by atomic mass is 10.0. The summed E-state index contributed by atoms with van der Waals surface area (Å²) in [7, 11) is 0. The number of aromatic nitrogens is 2. The molecule has 1 aromatic heterocycles. The third-order valence-corrected chi connectivity index (χ3v) is 3.12. The predicted octanol–water partition coefficient (Wildman–Crippen LogP) is 3.10. The first-order valence-electron chi connectivity index (χ1n) is 5.54. The Labute approximate surface area is 129 Å². The van der Waals surface area contributed by atoms with E-state index in [0.717, 1.165) is 6.07 Å². The van der Waals surface area contributed by atoms with Crippen LogP contribution in [0.5, 0.6) is 0 Å². The van der Waals surface area contributed by atoms with Crippen molar-refractivity contribution in [1.29, 1.82) is 5.26 Å². The minimum Gasteiger partial charge on any atom is -0.382 e. The van der Waals surface area contributed by atoms with E-state index in [1.165, 1.54) is 0 Å². The highest BCUT2D eigenvalue weighted by Crippen LogP contribution is 2.38. The van der Waals surface area contributed by atoms with Crippen LogP contribution < -0.4 is 11.5 Å². The maximum atomic E-state index is 14.2. The van der Waals surface area contributed by atoms with Crippen molar-refractivity contribution in [2.24, 2.45) is 0 Å². The topological polar surface area (TPSA) is 102 Å². The van der Waals surface area contributed by atoms with Gasteiger partial charge in [0, 0.05) is 10.0 Å². The molecule has 0 spiro atoms. The number of alkyl halides is 3. The zero-order valence-electron chi connectivity index (χ0n) is 10.5. The Morgan fingerprint density at radius 2 is 1.82 bits per heavy atom. The molecule has 0 saturated heterocycles. The average Bonchev–Trinajstić information content (AvgIpc) is 2.39. The number of halogens is 5. The molecule has 22 heavy (non-hydrogen) atoms. The SMILES string of the molecule is N#Cc1c(N)nc(N)nc1-c1cc(Br)cc(C(F)(F)F)c1F. The smallest absolute Gasteiger partial charge is 0.382 e. The summed E-state index contributed by atoms with van der Waals surface area (Å²) in [5.74, 6) is -2.32. The summed E-state index contributed by atoms with van der Waals surface area (Å²) in [4.78, 5) is 7.16. The summed E-state index contributed by atoms with van der Waals surface area (Å²) in [6.07, 6.45) is -4.92. The molecule has 0 radical (unpaired) electrons. The minimum absolute atomic E-state index is 0.0455. The zero-order chi connectivity index (χ0) is 16.7. The third kappa shape index (κ3) is 2.80. The van der Waals surface area contributed by atoms with Crippen molar-refractivity contribution < 1.29 is 17.6 Å². The summed E-state index contributed by atoms with van der Waals surface area (Å²) in [6.45, 7) is 0. The third-order valence-electron chi connectivity index (χ3n) is 2.66. The van der Waals surface area contributed by atoms with Crippen molar-refractivity contribution in [1.82, 2.24) is 9.97 Å². The van der Waals surface area contributed by atoms with E-state index in [2.05, 4.69) is 25.9 Å². The summed E-state index contributed by atoms with van der Waals surface area (Å²) >= 11 is 2.86. The number of benzene rings is 1. The lowest BCUT2D eigenvalue weighted by Crippen LogP contribution is -2.11. The second-order valence-electron chi connectivity index (χ2n) is 4.12. The largest absolute Gasteiger partial charge is 0.419 e. The van der Waals surface area contributed by atoms with Crippen LogP contribution in [0, 0.1) is 17.1 Å². The lowest BCUT2D eigenvalue weighted by Gasteiger charge is -2.13. The Morgan fingerprint density at radius 3 is 2.36 bits per heavy atom. The fraction of sp³-hybridized carbons (Fsp3) is 0.0833. The molecule has 0 aliphatic rings. The van der Waals surface area contributed by atoms with Gasteiger partial charge < -0.3 is 11.5 Å². The quantitative estimate of drug-likeness (QED) is 0.745. The van der Waals surface area contributed by atoms with E-state index in [4.69, 9.17) is 16.7 Å². The first-order valence-corrected chi connectivity index (χ1v) is 6.34. The standard InChI is InChI=1S/C12H6BrF4N5/c13-4-1-5(8(14)7(2-4)12(15,16)17)9-6(3-18)10(19)22-11(20)21-9/h1-2H,(H4,19,20,21,22). The number of hydrogen-bond donors (Lipinski definition) is 2. The van der Waals surface area contributed by atoms with E-state index >= 15 is 0 Å². The van der Waals surface area contributed by atoms with Gasteiger partial charge in [0.05, 0.1) is 11.3 Å². The van der Waals surface area contributed by atoms with Crippen LogP contribution in [0.25, 0.3) is 11.3 Å². The summed E-state index contributed by atoms with van der Waals surface area (Å²) < 4.78 is 52.7. The van der Waals surface area contributed by atoms with Crippen LogP contribution >= 0.6 is 15.9 Å². The molecule has 114 valence electrons. The van der Waals surface area contributed by atoms with Gasteiger partial charge in [-0.2, -0.15) is 23.4 Å². The van der Waals surface area contributed by atoms with Gasteiger partial charge in [-0.3, -0.25) is 0 Å². The summed E-state index contributed by atoms with van der Waals surface area (Å²) in [6, 6.07) is 3.26. The van der Waals surface area contributed by atoms with Crippen LogP contribution in [0.3, 0.4) is 0 Å². The highest BCUT2D eigenvalue weighted by molar-refractivity contribution is 9.10. The number of rotatable bonds is 1. The van der Waals surface area contributed by atoms with Crippen molar-refractivity contribution >= 4 is 27.7 Å². The van der Waals surface area contributed by atoms with Crippen LogP contribution in [0.4, 0.5) is 29.3 Å². The van der Waals surface area contributed by atoms with Gasteiger partial charge in [0.2, 0.25) is 5.95 Å². The van der Waals surface area contributed by atoms with Gasteiger partial charge in [-0.1, -0.05) is 15.9 Å². The second-order valence-corrected chi connectivity index (χ2v) is 5.03. The summed E-state index contributed by atoms with van der Waals surface area (Å²) in [5, 5.41) is 9.03. The molecular weight excluding hydrogens is 370 g/mol. The van der Waals surface area contributed by atoms with Crippen molar-refractivity contribution in [3.63, 3.8) is 0 Å². The lowest BCUT2D eigenvalue weighted by molar-refractivity contribution is -0.139. The van der Waals surface area contributed by atoms with Crippen LogP contribution in [-0.4, -0.2) is 9.97 Å². The number of nitrogens with two attached hydrogens (primary N) is 2. The van der Waals surface area contributed by atoms with Crippen molar-refractivity contribution in [2.75, 3.05) is 11.5 Å². The molecule has 0 aliphatic heterocycles. The van der Waals surface area contributed by atoms with Crippen LogP contribution in [0.15, 0.2) is 16.6 Å². The number of nitriles is 1. The van der Waals surface area contributed by atoms with Gasteiger partial charge >= 0.3 is 6.18 Å². The van der Waals surface area contributed by atoms with Gasteiger partial charge in [0.25, 0.3) is 0 Å². The van der Waals surface area contributed by atoms with Gasteiger partial charge in [0.1, 0.15) is 23.3 Å². The van der Waals surface area contributed by atoms with Crippen LogP contribution in [0.1, 0.15) is 11.1 Å². The highest BCUT2D eigenvalue weighted by Gasteiger charge is 2.36. The van der Waals surface area contributed by atoms with Crippen molar-refractivity contribution in [2.45, 2.75) is 6.18 Å².